The lowest BCUT2D eigenvalue weighted by Gasteiger charge is -2.08. The SMILES string of the molecule is CCCn1ncc(OC)c1C(=O)c1ccc(Br)c(Cl)c1. The highest BCUT2D eigenvalue weighted by atomic mass is 79.9. The van der Waals surface area contributed by atoms with Gasteiger partial charge in [0, 0.05) is 16.6 Å². The molecule has 0 fully saturated rings. The van der Waals surface area contributed by atoms with Gasteiger partial charge in [-0.1, -0.05) is 18.5 Å². The van der Waals surface area contributed by atoms with Gasteiger partial charge in [0.05, 0.1) is 18.3 Å². The largest absolute Gasteiger partial charge is 0.493 e. The number of rotatable bonds is 5. The fourth-order valence-electron chi connectivity index (χ4n) is 1.90. The Morgan fingerprint density at radius 1 is 1.50 bits per heavy atom. The number of ketones is 1. The van der Waals surface area contributed by atoms with Gasteiger partial charge >= 0.3 is 0 Å². The van der Waals surface area contributed by atoms with Crippen LogP contribution in [0, 0.1) is 0 Å². The first kappa shape index (κ1) is 15.1. The van der Waals surface area contributed by atoms with Crippen LogP contribution in [0.15, 0.2) is 28.9 Å². The second-order valence-electron chi connectivity index (χ2n) is 4.24. The van der Waals surface area contributed by atoms with Crippen LogP contribution in [0.1, 0.15) is 29.4 Å². The molecule has 6 heteroatoms. The predicted molar refractivity (Wildman–Crippen MR) is 81.7 cm³/mol. The summed E-state index contributed by atoms with van der Waals surface area (Å²) in [6.07, 6.45) is 2.44. The topological polar surface area (TPSA) is 44.1 Å². The molecule has 1 aromatic heterocycles. The lowest BCUT2D eigenvalue weighted by Crippen LogP contribution is -2.12. The average molecular weight is 358 g/mol. The molecule has 2 aromatic rings. The molecule has 0 bridgehead atoms. The van der Waals surface area contributed by atoms with Crippen molar-refractivity contribution in [2.75, 3.05) is 7.11 Å². The first-order chi connectivity index (χ1) is 9.58. The van der Waals surface area contributed by atoms with Crippen molar-refractivity contribution >= 4 is 33.3 Å². The van der Waals surface area contributed by atoms with Gasteiger partial charge in [0.2, 0.25) is 5.78 Å². The van der Waals surface area contributed by atoms with Gasteiger partial charge in [-0.25, -0.2) is 0 Å². The summed E-state index contributed by atoms with van der Waals surface area (Å²) in [5.74, 6) is 0.324. The molecule has 1 heterocycles. The summed E-state index contributed by atoms with van der Waals surface area (Å²) in [4.78, 5) is 12.6. The van der Waals surface area contributed by atoms with Gasteiger partial charge in [-0.2, -0.15) is 5.10 Å². The third kappa shape index (κ3) is 2.88. The van der Waals surface area contributed by atoms with E-state index < -0.39 is 0 Å². The molecule has 0 atom stereocenters. The van der Waals surface area contributed by atoms with Crippen LogP contribution in [-0.4, -0.2) is 22.7 Å². The molecule has 20 heavy (non-hydrogen) atoms. The normalized spacial score (nSPS) is 10.6. The first-order valence-electron chi connectivity index (χ1n) is 6.18. The minimum atomic E-state index is -0.151. The van der Waals surface area contributed by atoms with Crippen molar-refractivity contribution in [2.24, 2.45) is 0 Å². The summed E-state index contributed by atoms with van der Waals surface area (Å²) in [6, 6.07) is 5.11. The summed E-state index contributed by atoms with van der Waals surface area (Å²) in [7, 11) is 1.53. The summed E-state index contributed by atoms with van der Waals surface area (Å²) in [5, 5.41) is 4.69. The van der Waals surface area contributed by atoms with Crippen LogP contribution in [0.3, 0.4) is 0 Å². The van der Waals surface area contributed by atoms with E-state index >= 15 is 0 Å². The smallest absolute Gasteiger partial charge is 0.214 e. The molecule has 4 nitrogen and oxygen atoms in total. The maximum Gasteiger partial charge on any atom is 0.214 e. The Morgan fingerprint density at radius 2 is 2.25 bits per heavy atom. The van der Waals surface area contributed by atoms with E-state index in [1.807, 2.05) is 6.92 Å². The molecule has 1 aromatic carbocycles. The van der Waals surface area contributed by atoms with Crippen LogP contribution in [0.25, 0.3) is 0 Å². The van der Waals surface area contributed by atoms with Crippen LogP contribution < -0.4 is 4.74 Å². The summed E-state index contributed by atoms with van der Waals surface area (Å²) >= 11 is 9.35. The Balaban J connectivity index is 2.46. The standard InChI is InChI=1S/C14H14BrClN2O2/c1-3-6-18-13(12(20-2)8-17-18)14(19)9-4-5-10(15)11(16)7-9/h4-5,7-8H,3,6H2,1-2H3. The van der Waals surface area contributed by atoms with Crippen molar-refractivity contribution in [3.63, 3.8) is 0 Å². The Morgan fingerprint density at radius 3 is 2.85 bits per heavy atom. The molecule has 0 aliphatic carbocycles. The highest BCUT2D eigenvalue weighted by Gasteiger charge is 2.21. The van der Waals surface area contributed by atoms with Gasteiger partial charge in [0.25, 0.3) is 0 Å². The van der Waals surface area contributed by atoms with Crippen molar-refractivity contribution in [2.45, 2.75) is 19.9 Å². The minimum Gasteiger partial charge on any atom is -0.493 e. The average Bonchev–Trinajstić information content (AvgIpc) is 2.84. The summed E-state index contributed by atoms with van der Waals surface area (Å²) < 4.78 is 7.64. The van der Waals surface area contributed by atoms with Crippen LogP contribution >= 0.6 is 27.5 Å². The second kappa shape index (κ2) is 6.41. The maximum atomic E-state index is 12.6. The Labute approximate surface area is 130 Å². The molecule has 2 rings (SSSR count). The maximum absolute atomic E-state index is 12.6. The zero-order chi connectivity index (χ0) is 14.7. The first-order valence-corrected chi connectivity index (χ1v) is 7.35. The number of nitrogens with zero attached hydrogens (tertiary/aromatic N) is 2. The van der Waals surface area contributed by atoms with Crippen molar-refractivity contribution < 1.29 is 9.53 Å². The Bertz CT molecular complexity index is 640. The zero-order valence-corrected chi connectivity index (χ0v) is 13.5. The van der Waals surface area contributed by atoms with Gasteiger partial charge < -0.3 is 4.74 Å². The van der Waals surface area contributed by atoms with E-state index in [2.05, 4.69) is 21.0 Å². The molecule has 0 aliphatic rings. The molecular formula is C14H14BrClN2O2. The Kier molecular flexibility index (Phi) is 4.83. The molecular weight excluding hydrogens is 344 g/mol. The van der Waals surface area contributed by atoms with Crippen LogP contribution in [0.5, 0.6) is 5.75 Å². The predicted octanol–water partition coefficient (Wildman–Crippen LogP) is 3.95. The van der Waals surface area contributed by atoms with Gasteiger partial charge in [0.15, 0.2) is 11.4 Å². The van der Waals surface area contributed by atoms with E-state index in [9.17, 15) is 4.79 Å². The van der Waals surface area contributed by atoms with Gasteiger partial charge in [-0.15, -0.1) is 0 Å². The fraction of sp³-hybridized carbons (Fsp3) is 0.286. The molecule has 0 aliphatic heterocycles. The number of aromatic nitrogens is 2. The number of methoxy groups -OCH3 is 1. The number of carbonyl (C=O) groups excluding carboxylic acids is 1. The van der Waals surface area contributed by atoms with Crippen LogP contribution in [0.4, 0.5) is 0 Å². The van der Waals surface area contributed by atoms with E-state index in [-0.39, 0.29) is 5.78 Å². The monoisotopic (exact) mass is 356 g/mol. The fourth-order valence-corrected chi connectivity index (χ4v) is 2.33. The molecule has 0 unspecified atom stereocenters. The van der Waals surface area contributed by atoms with Gasteiger partial charge in [-0.3, -0.25) is 9.48 Å². The van der Waals surface area contributed by atoms with Gasteiger partial charge in [0.1, 0.15) is 0 Å². The van der Waals surface area contributed by atoms with E-state index in [0.29, 0.717) is 28.6 Å². The lowest BCUT2D eigenvalue weighted by molar-refractivity contribution is 0.102. The zero-order valence-electron chi connectivity index (χ0n) is 11.2. The number of aryl methyl sites for hydroxylation is 1. The third-order valence-corrected chi connectivity index (χ3v) is 4.09. The molecule has 0 amide bonds. The molecule has 0 saturated carbocycles. The molecule has 0 N–H and O–H groups in total. The third-order valence-electron chi connectivity index (χ3n) is 2.86. The van der Waals surface area contributed by atoms with E-state index in [1.54, 1.807) is 29.1 Å². The number of hydrogen-bond donors (Lipinski definition) is 0. The van der Waals surface area contributed by atoms with E-state index in [4.69, 9.17) is 16.3 Å². The van der Waals surface area contributed by atoms with E-state index in [1.165, 1.54) is 7.11 Å². The number of benzene rings is 1. The van der Waals surface area contributed by atoms with Crippen molar-refractivity contribution in [1.82, 2.24) is 9.78 Å². The Hall–Kier alpha value is -1.33. The lowest BCUT2D eigenvalue weighted by atomic mass is 10.1. The van der Waals surface area contributed by atoms with Crippen molar-refractivity contribution in [3.05, 3.63) is 45.1 Å². The number of ether oxygens (including phenoxy) is 1. The van der Waals surface area contributed by atoms with E-state index in [0.717, 1.165) is 10.9 Å². The molecule has 0 saturated heterocycles. The summed E-state index contributed by atoms with van der Waals surface area (Å²) in [5.41, 5.74) is 0.960. The minimum absolute atomic E-state index is 0.151. The molecule has 0 spiro atoms. The van der Waals surface area contributed by atoms with Crippen LogP contribution in [0.2, 0.25) is 5.02 Å². The highest BCUT2D eigenvalue weighted by molar-refractivity contribution is 9.10. The number of carbonyl (C=O) groups is 1. The second-order valence-corrected chi connectivity index (χ2v) is 5.50. The number of halogens is 2. The van der Waals surface area contributed by atoms with Gasteiger partial charge in [-0.05, 0) is 40.5 Å². The number of hydrogen-bond acceptors (Lipinski definition) is 3. The van der Waals surface area contributed by atoms with Crippen molar-refractivity contribution in [1.29, 1.82) is 0 Å². The van der Waals surface area contributed by atoms with Crippen molar-refractivity contribution in [3.8, 4) is 5.75 Å². The molecule has 0 radical (unpaired) electrons. The highest BCUT2D eigenvalue weighted by Crippen LogP contribution is 2.27. The summed E-state index contributed by atoms with van der Waals surface area (Å²) in [6.45, 7) is 2.69. The molecule has 106 valence electrons. The van der Waals surface area contributed by atoms with Crippen LogP contribution in [-0.2, 0) is 6.54 Å². The quantitative estimate of drug-likeness (QED) is 0.761.